The summed E-state index contributed by atoms with van der Waals surface area (Å²) in [5, 5.41) is 13.0. The van der Waals surface area contributed by atoms with Gasteiger partial charge in [0.25, 0.3) is 11.8 Å². The number of fused-ring (bicyclic) bond motifs is 1. The third-order valence-corrected chi connectivity index (χ3v) is 4.94. The highest BCUT2D eigenvalue weighted by atomic mass is 35.5. The molecule has 3 amide bonds. The molecular formula is C22H22ClN5O5. The minimum absolute atomic E-state index is 0.0170. The van der Waals surface area contributed by atoms with E-state index in [0.29, 0.717) is 16.1 Å². The Labute approximate surface area is 194 Å². The maximum absolute atomic E-state index is 12.3. The topological polar surface area (TPSA) is 133 Å². The molecule has 0 fully saturated rings. The normalized spacial score (nSPS) is 10.5. The lowest BCUT2D eigenvalue weighted by molar-refractivity contribution is -0.151. The standard InChI is InChI=1S/C22H22ClN5O5/c1-28(12-18(29)25-17-9-5-3-7-15(17)23)19(30)13-33-20(31)10-11-24-22(32)21-14-6-2-4-8-16(14)26-27-21/h2-9H,10-13H2,1H3,(H,24,32)(H,25,29)(H,26,27). The fourth-order valence-electron chi connectivity index (χ4n) is 2.88. The molecule has 10 nitrogen and oxygen atoms in total. The summed E-state index contributed by atoms with van der Waals surface area (Å²) in [7, 11) is 1.41. The van der Waals surface area contributed by atoms with Crippen LogP contribution in [0.25, 0.3) is 10.9 Å². The summed E-state index contributed by atoms with van der Waals surface area (Å²) in [6.45, 7) is -0.745. The van der Waals surface area contributed by atoms with Crippen molar-refractivity contribution in [3.05, 3.63) is 59.2 Å². The van der Waals surface area contributed by atoms with Crippen LogP contribution in [0, 0.1) is 0 Å². The summed E-state index contributed by atoms with van der Waals surface area (Å²) in [5.74, 6) is -2.09. The number of para-hydroxylation sites is 2. The van der Waals surface area contributed by atoms with Crippen molar-refractivity contribution in [3.8, 4) is 0 Å². The molecule has 172 valence electrons. The third kappa shape index (κ3) is 6.53. The first kappa shape index (κ1) is 23.7. The summed E-state index contributed by atoms with van der Waals surface area (Å²) >= 11 is 5.98. The van der Waals surface area contributed by atoms with Crippen LogP contribution in [0.5, 0.6) is 0 Å². The number of rotatable bonds is 9. The predicted octanol–water partition coefficient (Wildman–Crippen LogP) is 1.98. The molecule has 3 rings (SSSR count). The molecule has 0 saturated carbocycles. The Morgan fingerprint density at radius 2 is 1.82 bits per heavy atom. The zero-order valence-electron chi connectivity index (χ0n) is 17.8. The molecule has 3 N–H and O–H groups in total. The van der Waals surface area contributed by atoms with E-state index in [1.165, 1.54) is 7.05 Å². The summed E-state index contributed by atoms with van der Waals surface area (Å²) in [4.78, 5) is 49.5. The molecule has 3 aromatic rings. The zero-order valence-corrected chi connectivity index (χ0v) is 18.5. The Morgan fingerprint density at radius 3 is 2.61 bits per heavy atom. The molecule has 11 heteroatoms. The second-order valence-electron chi connectivity index (χ2n) is 7.06. The van der Waals surface area contributed by atoms with Gasteiger partial charge in [0.1, 0.15) is 0 Å². The van der Waals surface area contributed by atoms with Crippen molar-refractivity contribution >= 4 is 51.9 Å². The van der Waals surface area contributed by atoms with Crippen LogP contribution < -0.4 is 10.6 Å². The number of carbonyl (C=O) groups is 4. The monoisotopic (exact) mass is 471 g/mol. The Bertz CT molecular complexity index is 1180. The van der Waals surface area contributed by atoms with Gasteiger partial charge in [0.05, 0.1) is 29.2 Å². The van der Waals surface area contributed by atoms with Gasteiger partial charge in [-0.25, -0.2) is 0 Å². The first-order valence-electron chi connectivity index (χ1n) is 10.0. The van der Waals surface area contributed by atoms with Gasteiger partial charge in [-0.05, 0) is 18.2 Å². The van der Waals surface area contributed by atoms with Gasteiger partial charge in [-0.15, -0.1) is 0 Å². The van der Waals surface area contributed by atoms with Crippen LogP contribution in [0.2, 0.25) is 5.02 Å². The van der Waals surface area contributed by atoms with Crippen LogP contribution in [0.1, 0.15) is 16.9 Å². The number of benzene rings is 2. The molecule has 2 aromatic carbocycles. The average Bonchev–Trinajstić information content (AvgIpc) is 3.23. The number of anilines is 1. The number of aromatic nitrogens is 2. The number of hydrogen-bond acceptors (Lipinski definition) is 6. The van der Waals surface area contributed by atoms with Crippen molar-refractivity contribution < 1.29 is 23.9 Å². The van der Waals surface area contributed by atoms with Gasteiger partial charge in [0.2, 0.25) is 5.91 Å². The lowest BCUT2D eigenvalue weighted by Crippen LogP contribution is -2.37. The molecule has 0 aliphatic heterocycles. The molecule has 1 aromatic heterocycles. The number of esters is 1. The molecular weight excluding hydrogens is 450 g/mol. The van der Waals surface area contributed by atoms with Crippen LogP contribution in [0.3, 0.4) is 0 Å². The molecule has 0 saturated heterocycles. The molecule has 33 heavy (non-hydrogen) atoms. The molecule has 0 atom stereocenters. The smallest absolute Gasteiger partial charge is 0.308 e. The van der Waals surface area contributed by atoms with Crippen molar-refractivity contribution in [2.75, 3.05) is 32.1 Å². The van der Waals surface area contributed by atoms with Crippen LogP contribution in [0.4, 0.5) is 5.69 Å². The van der Waals surface area contributed by atoms with Crippen molar-refractivity contribution in [2.45, 2.75) is 6.42 Å². The number of likely N-dealkylation sites (N-methyl/N-ethyl adjacent to an activating group) is 1. The molecule has 0 unspecified atom stereocenters. The fraction of sp³-hybridized carbons (Fsp3) is 0.227. The number of H-pyrrole nitrogens is 1. The highest BCUT2D eigenvalue weighted by Crippen LogP contribution is 2.20. The first-order valence-corrected chi connectivity index (χ1v) is 10.4. The van der Waals surface area contributed by atoms with Crippen molar-refractivity contribution in [1.29, 1.82) is 0 Å². The van der Waals surface area contributed by atoms with E-state index >= 15 is 0 Å². The van der Waals surface area contributed by atoms with E-state index < -0.39 is 30.3 Å². The lowest BCUT2D eigenvalue weighted by Gasteiger charge is -2.17. The fourth-order valence-corrected chi connectivity index (χ4v) is 3.06. The number of carbonyl (C=O) groups excluding carboxylic acids is 4. The number of halogens is 1. The third-order valence-electron chi connectivity index (χ3n) is 4.61. The summed E-state index contributed by atoms with van der Waals surface area (Å²) in [5.41, 5.74) is 1.39. The number of nitrogens with zero attached hydrogens (tertiary/aromatic N) is 2. The number of ether oxygens (including phenoxy) is 1. The average molecular weight is 472 g/mol. The molecule has 0 radical (unpaired) electrons. The molecule has 1 heterocycles. The maximum atomic E-state index is 12.3. The van der Waals surface area contributed by atoms with E-state index in [1.807, 2.05) is 6.07 Å². The van der Waals surface area contributed by atoms with Crippen LogP contribution in [0.15, 0.2) is 48.5 Å². The van der Waals surface area contributed by atoms with E-state index in [2.05, 4.69) is 20.8 Å². The molecule has 0 aliphatic carbocycles. The van der Waals surface area contributed by atoms with Crippen molar-refractivity contribution in [1.82, 2.24) is 20.4 Å². The Kier molecular flexibility index (Phi) is 7.98. The Balaban J connectivity index is 1.36. The number of hydrogen-bond donors (Lipinski definition) is 3. The SMILES string of the molecule is CN(CC(=O)Nc1ccccc1Cl)C(=O)COC(=O)CCNC(=O)c1n[nH]c2ccccc12. The van der Waals surface area contributed by atoms with E-state index in [0.717, 1.165) is 10.4 Å². The second-order valence-corrected chi connectivity index (χ2v) is 7.47. The zero-order chi connectivity index (χ0) is 23.8. The Hall–Kier alpha value is -3.92. The largest absolute Gasteiger partial charge is 0.456 e. The summed E-state index contributed by atoms with van der Waals surface area (Å²) in [6, 6.07) is 13.9. The lowest BCUT2D eigenvalue weighted by atomic mass is 10.2. The highest BCUT2D eigenvalue weighted by Gasteiger charge is 2.17. The highest BCUT2D eigenvalue weighted by molar-refractivity contribution is 6.33. The quantitative estimate of drug-likeness (QED) is 0.408. The van der Waals surface area contributed by atoms with Gasteiger partial charge in [-0.3, -0.25) is 24.3 Å². The van der Waals surface area contributed by atoms with E-state index in [9.17, 15) is 19.2 Å². The van der Waals surface area contributed by atoms with Gasteiger partial charge in [-0.2, -0.15) is 5.10 Å². The van der Waals surface area contributed by atoms with Gasteiger partial charge >= 0.3 is 5.97 Å². The van der Waals surface area contributed by atoms with Gasteiger partial charge in [0, 0.05) is 19.0 Å². The van der Waals surface area contributed by atoms with Crippen LogP contribution >= 0.6 is 11.6 Å². The maximum Gasteiger partial charge on any atom is 0.308 e. The Morgan fingerprint density at radius 1 is 1.09 bits per heavy atom. The second kappa shape index (κ2) is 11.1. The minimum atomic E-state index is -0.663. The number of amides is 3. The summed E-state index contributed by atoms with van der Waals surface area (Å²) in [6.07, 6.45) is -0.127. The van der Waals surface area contributed by atoms with E-state index in [-0.39, 0.29) is 25.2 Å². The van der Waals surface area contributed by atoms with Crippen LogP contribution in [-0.4, -0.2) is 65.5 Å². The van der Waals surface area contributed by atoms with Crippen molar-refractivity contribution in [2.24, 2.45) is 0 Å². The van der Waals surface area contributed by atoms with Gasteiger partial charge in [-0.1, -0.05) is 41.9 Å². The number of nitrogens with one attached hydrogen (secondary N) is 3. The van der Waals surface area contributed by atoms with Gasteiger partial charge in [0.15, 0.2) is 12.3 Å². The van der Waals surface area contributed by atoms with Crippen molar-refractivity contribution in [3.63, 3.8) is 0 Å². The number of aromatic amines is 1. The summed E-state index contributed by atoms with van der Waals surface area (Å²) < 4.78 is 4.93. The van der Waals surface area contributed by atoms with Crippen LogP contribution in [-0.2, 0) is 19.1 Å². The van der Waals surface area contributed by atoms with E-state index in [1.54, 1.807) is 42.5 Å². The predicted molar refractivity (Wildman–Crippen MR) is 122 cm³/mol. The minimum Gasteiger partial charge on any atom is -0.456 e. The van der Waals surface area contributed by atoms with E-state index in [4.69, 9.17) is 16.3 Å². The first-order chi connectivity index (χ1) is 15.8. The van der Waals surface area contributed by atoms with Gasteiger partial charge < -0.3 is 20.3 Å². The molecule has 0 bridgehead atoms. The molecule has 0 spiro atoms. The molecule has 0 aliphatic rings.